The number of primary amides is 1. The number of nitro benzene ring substituents is 1. The summed E-state index contributed by atoms with van der Waals surface area (Å²) in [6, 6.07) is 18.4. The fourth-order valence-electron chi connectivity index (χ4n) is 10.5. The quantitative estimate of drug-likeness (QED) is 0.120. The van der Waals surface area contributed by atoms with Gasteiger partial charge in [-0.3, -0.25) is 24.7 Å². The Labute approximate surface area is 357 Å². The summed E-state index contributed by atoms with van der Waals surface area (Å²) in [7, 11) is -4.38. The topological polar surface area (TPSA) is 162 Å². The Hall–Kier alpha value is -4.04. The van der Waals surface area contributed by atoms with Crippen molar-refractivity contribution < 1.29 is 23.2 Å². The van der Waals surface area contributed by atoms with Crippen LogP contribution in [-0.2, 0) is 9.84 Å². The van der Waals surface area contributed by atoms with Crippen LogP contribution in [0.3, 0.4) is 0 Å². The number of aliphatic hydroxyl groups is 1. The van der Waals surface area contributed by atoms with Gasteiger partial charge in [0.25, 0.3) is 5.69 Å². The van der Waals surface area contributed by atoms with E-state index in [1.807, 2.05) is 6.92 Å². The molecule has 4 fully saturated rings. The monoisotopic (exact) mass is 842 g/mol. The minimum Gasteiger partial charge on any atom is -0.390 e. The van der Waals surface area contributed by atoms with Gasteiger partial charge in [-0.2, -0.15) is 0 Å². The Kier molecular flexibility index (Phi) is 12.5. The standard InChI is InChI=1S/C47H66N6O6S/c1-32(2)37-9-7-8-10-38(37)42-30-50(31-45(3,4)5)23-24-52(42)35-27-47(28-35)19-21-51(22-20-47)34-11-13-39(44(48)54)43(25-34)60(58,59)36-12-14-40(41(26-36)53(56)57)49-29-33-15-17-46(6,55)18-16-33/h7-14,25-26,32-33,35,42,49,55H,15-24,27-31H2,1-6H3,(H2,48,54). The molecule has 0 bridgehead atoms. The van der Waals surface area contributed by atoms with Gasteiger partial charge in [0.05, 0.1) is 25.9 Å². The van der Waals surface area contributed by atoms with Crippen molar-refractivity contribution in [2.24, 2.45) is 22.5 Å². The maximum absolute atomic E-state index is 14.3. The number of carbonyl (C=O) groups excluding carboxylic acids is 1. The van der Waals surface area contributed by atoms with Crippen molar-refractivity contribution >= 4 is 32.8 Å². The van der Waals surface area contributed by atoms with E-state index in [4.69, 9.17) is 5.73 Å². The summed E-state index contributed by atoms with van der Waals surface area (Å²) in [5.74, 6) is -0.204. The maximum Gasteiger partial charge on any atom is 0.293 e. The van der Waals surface area contributed by atoms with E-state index >= 15 is 0 Å². The van der Waals surface area contributed by atoms with Gasteiger partial charge < -0.3 is 21.1 Å². The number of hydrogen-bond donors (Lipinski definition) is 3. The third-order valence-corrected chi connectivity index (χ3v) is 15.7. The minimum absolute atomic E-state index is 0.150. The van der Waals surface area contributed by atoms with Crippen LogP contribution in [0.25, 0.3) is 0 Å². The van der Waals surface area contributed by atoms with Crippen molar-refractivity contribution in [2.45, 2.75) is 126 Å². The molecule has 4 aliphatic rings. The van der Waals surface area contributed by atoms with E-state index in [-0.39, 0.29) is 43.5 Å². The lowest BCUT2D eigenvalue weighted by molar-refractivity contribution is -0.384. The first-order valence-corrected chi connectivity index (χ1v) is 23.5. The largest absolute Gasteiger partial charge is 0.390 e. The first-order valence-electron chi connectivity index (χ1n) is 22.0. The van der Waals surface area contributed by atoms with Crippen molar-refractivity contribution in [2.75, 3.05) is 56.0 Å². The van der Waals surface area contributed by atoms with Crippen LogP contribution in [0.4, 0.5) is 17.1 Å². The number of sulfone groups is 1. The number of nitrogens with zero attached hydrogens (tertiary/aromatic N) is 4. The molecule has 13 heteroatoms. The maximum atomic E-state index is 14.3. The summed E-state index contributed by atoms with van der Waals surface area (Å²) in [6.07, 6.45) is 7.15. The van der Waals surface area contributed by atoms with Gasteiger partial charge in [0.1, 0.15) is 5.69 Å². The summed E-state index contributed by atoms with van der Waals surface area (Å²) in [4.78, 5) is 31.4. The molecule has 0 radical (unpaired) electrons. The summed E-state index contributed by atoms with van der Waals surface area (Å²) >= 11 is 0. The second kappa shape index (κ2) is 17.0. The molecule has 1 amide bonds. The highest BCUT2D eigenvalue weighted by Gasteiger charge is 2.50. The molecule has 7 rings (SSSR count). The fourth-order valence-corrected chi connectivity index (χ4v) is 12.0. The van der Waals surface area contributed by atoms with E-state index in [1.54, 1.807) is 6.07 Å². The molecule has 60 heavy (non-hydrogen) atoms. The summed E-state index contributed by atoms with van der Waals surface area (Å²) in [6.45, 7) is 19.6. The molecule has 2 saturated heterocycles. The van der Waals surface area contributed by atoms with Crippen LogP contribution < -0.4 is 16.0 Å². The van der Waals surface area contributed by atoms with E-state index in [1.165, 1.54) is 35.4 Å². The van der Waals surface area contributed by atoms with Gasteiger partial charge in [0.15, 0.2) is 0 Å². The summed E-state index contributed by atoms with van der Waals surface area (Å²) < 4.78 is 28.5. The van der Waals surface area contributed by atoms with E-state index in [0.717, 1.165) is 83.9 Å². The van der Waals surface area contributed by atoms with Crippen LogP contribution in [-0.4, -0.2) is 91.6 Å². The molecule has 1 atom stereocenters. The van der Waals surface area contributed by atoms with Crippen LogP contribution in [0, 0.1) is 26.9 Å². The molecule has 326 valence electrons. The number of nitrogens with one attached hydrogen (secondary N) is 1. The van der Waals surface area contributed by atoms with Gasteiger partial charge in [-0.1, -0.05) is 58.9 Å². The molecular formula is C47H66N6O6S. The highest BCUT2D eigenvalue weighted by atomic mass is 32.2. The smallest absolute Gasteiger partial charge is 0.293 e. The summed E-state index contributed by atoms with van der Waals surface area (Å²) in [5, 5.41) is 25.7. The lowest BCUT2D eigenvalue weighted by atomic mass is 9.59. The number of piperazine rings is 1. The Morgan fingerprint density at radius 1 is 0.983 bits per heavy atom. The molecule has 2 heterocycles. The molecular weight excluding hydrogens is 777 g/mol. The SMILES string of the molecule is CC(C)c1ccccc1C1CN(CC(C)(C)C)CCN1C1CC2(CCN(c3ccc(C(N)=O)c(S(=O)(=O)c4ccc(NCC5CCC(C)(O)CC5)c([N+](=O)[O-])c4)c3)CC2)C1. The Bertz CT molecular complexity index is 2160. The average molecular weight is 843 g/mol. The number of carbonyl (C=O) groups is 1. The number of hydrogen-bond acceptors (Lipinski definition) is 10. The molecule has 3 aromatic carbocycles. The number of nitro groups is 1. The van der Waals surface area contributed by atoms with Crippen molar-refractivity contribution in [1.29, 1.82) is 0 Å². The Balaban J connectivity index is 1.04. The van der Waals surface area contributed by atoms with Gasteiger partial charge in [-0.15, -0.1) is 0 Å². The molecule has 2 saturated carbocycles. The van der Waals surface area contributed by atoms with Crippen molar-refractivity contribution in [3.8, 4) is 0 Å². The Morgan fingerprint density at radius 3 is 2.30 bits per heavy atom. The zero-order valence-electron chi connectivity index (χ0n) is 36.5. The molecule has 3 aromatic rings. The lowest BCUT2D eigenvalue weighted by Crippen LogP contribution is -2.60. The van der Waals surface area contributed by atoms with Gasteiger partial charge in [0.2, 0.25) is 15.7 Å². The fraction of sp³-hybridized carbons (Fsp3) is 0.596. The number of nitrogens with two attached hydrogens (primary N) is 1. The van der Waals surface area contributed by atoms with E-state index in [9.17, 15) is 28.4 Å². The third kappa shape index (κ3) is 9.54. The molecule has 0 aromatic heterocycles. The van der Waals surface area contributed by atoms with E-state index in [0.29, 0.717) is 43.1 Å². The van der Waals surface area contributed by atoms with Gasteiger partial charge >= 0.3 is 0 Å². The number of piperidine rings is 1. The molecule has 4 N–H and O–H groups in total. The van der Waals surface area contributed by atoms with Crippen molar-refractivity contribution in [1.82, 2.24) is 9.80 Å². The van der Waals surface area contributed by atoms with Crippen molar-refractivity contribution in [3.63, 3.8) is 0 Å². The van der Waals surface area contributed by atoms with E-state index in [2.05, 4.69) is 78.9 Å². The predicted octanol–water partition coefficient (Wildman–Crippen LogP) is 8.16. The third-order valence-electron chi connectivity index (χ3n) is 13.9. The van der Waals surface area contributed by atoms with Crippen LogP contribution in [0.1, 0.15) is 126 Å². The van der Waals surface area contributed by atoms with E-state index < -0.39 is 26.3 Å². The number of amides is 1. The molecule has 12 nitrogen and oxygen atoms in total. The number of rotatable bonds is 12. The normalized spacial score (nSPS) is 24.4. The van der Waals surface area contributed by atoms with Crippen LogP contribution >= 0.6 is 0 Å². The van der Waals surface area contributed by atoms with Crippen LogP contribution in [0.2, 0.25) is 0 Å². The van der Waals surface area contributed by atoms with Crippen molar-refractivity contribution in [3.05, 3.63) is 87.5 Å². The van der Waals surface area contributed by atoms with Crippen LogP contribution in [0.5, 0.6) is 0 Å². The second-order valence-electron chi connectivity index (χ2n) is 20.2. The first-order chi connectivity index (χ1) is 28.2. The predicted molar refractivity (Wildman–Crippen MR) is 237 cm³/mol. The second-order valence-corrected chi connectivity index (χ2v) is 22.1. The van der Waals surface area contributed by atoms with Gasteiger partial charge in [-0.05, 0) is 122 Å². The van der Waals surface area contributed by atoms with Crippen LogP contribution in [0.15, 0.2) is 70.5 Å². The molecule has 1 spiro atoms. The highest BCUT2D eigenvalue weighted by Crippen LogP contribution is 2.53. The highest BCUT2D eigenvalue weighted by molar-refractivity contribution is 7.91. The zero-order valence-corrected chi connectivity index (χ0v) is 37.3. The van der Waals surface area contributed by atoms with Gasteiger partial charge in [-0.25, -0.2) is 8.42 Å². The molecule has 2 aliphatic carbocycles. The Morgan fingerprint density at radius 2 is 1.67 bits per heavy atom. The molecule has 2 aliphatic heterocycles. The number of anilines is 2. The molecule has 1 unspecified atom stereocenters. The lowest BCUT2D eigenvalue weighted by Gasteiger charge is -2.58. The van der Waals surface area contributed by atoms with Gasteiger partial charge in [0, 0.05) is 69.7 Å². The first kappa shape index (κ1) is 44.0. The summed E-state index contributed by atoms with van der Waals surface area (Å²) in [5.41, 5.74) is 8.79. The average Bonchev–Trinajstić information content (AvgIpc) is 3.18. The zero-order chi connectivity index (χ0) is 43.2. The minimum atomic E-state index is -4.38. The number of benzene rings is 3.